The highest BCUT2D eigenvalue weighted by Gasteiger charge is 2.49. The molecular weight excluding hydrogens is 400 g/mol. The largest absolute Gasteiger partial charge is 0.497 e. The lowest BCUT2D eigenvalue weighted by Crippen LogP contribution is -2.49. The molecule has 1 atom stereocenters. The van der Waals surface area contributed by atoms with Gasteiger partial charge in [0.25, 0.3) is 11.6 Å². The number of anilines is 2. The van der Waals surface area contributed by atoms with Gasteiger partial charge in [0.05, 0.1) is 7.11 Å². The molecule has 8 nitrogen and oxygen atoms in total. The quantitative estimate of drug-likeness (QED) is 0.599. The first-order valence-electron chi connectivity index (χ1n) is 7.75. The number of hydrogen-bond donors (Lipinski definition) is 4. The number of amides is 1. The van der Waals surface area contributed by atoms with Crippen LogP contribution in [0.4, 0.5) is 11.4 Å². The molecule has 0 radical (unpaired) electrons. The van der Waals surface area contributed by atoms with Gasteiger partial charge in [-0.1, -0.05) is 15.9 Å². The van der Waals surface area contributed by atoms with Crippen molar-refractivity contribution < 1.29 is 9.53 Å². The van der Waals surface area contributed by atoms with Gasteiger partial charge >= 0.3 is 0 Å². The lowest BCUT2D eigenvalue weighted by molar-refractivity contribution is -0.120. The molecule has 0 aliphatic carbocycles. The van der Waals surface area contributed by atoms with E-state index in [1.807, 2.05) is 36.4 Å². The average molecular weight is 415 g/mol. The molecule has 5 N–H and O–H groups in total. The minimum atomic E-state index is -1.46. The number of aliphatic imine (C=N–C) groups is 2. The van der Waals surface area contributed by atoms with Gasteiger partial charge in [-0.05, 0) is 42.5 Å². The highest BCUT2D eigenvalue weighted by molar-refractivity contribution is 9.10. The zero-order valence-corrected chi connectivity index (χ0v) is 15.3. The zero-order chi connectivity index (χ0) is 18.3. The summed E-state index contributed by atoms with van der Waals surface area (Å²) in [7, 11) is 1.60. The van der Waals surface area contributed by atoms with Crippen LogP contribution >= 0.6 is 15.9 Å². The summed E-state index contributed by atoms with van der Waals surface area (Å²) in [5.74, 6) is 0.800. The minimum Gasteiger partial charge on any atom is -0.497 e. The molecular formula is C17H15BrN6O2. The number of nitrogens with one attached hydrogen (secondary N) is 3. The Morgan fingerprint density at radius 1 is 1.15 bits per heavy atom. The number of guanidine groups is 2. The molecule has 2 heterocycles. The van der Waals surface area contributed by atoms with Crippen molar-refractivity contribution in [2.75, 3.05) is 17.7 Å². The first-order chi connectivity index (χ1) is 12.5. The molecule has 1 spiro atoms. The first kappa shape index (κ1) is 16.4. The van der Waals surface area contributed by atoms with Crippen LogP contribution in [-0.4, -0.2) is 24.9 Å². The van der Waals surface area contributed by atoms with Crippen LogP contribution in [0.1, 0.15) is 5.56 Å². The summed E-state index contributed by atoms with van der Waals surface area (Å²) < 4.78 is 5.97. The van der Waals surface area contributed by atoms with Gasteiger partial charge in [-0.15, -0.1) is 0 Å². The number of benzene rings is 2. The van der Waals surface area contributed by atoms with E-state index in [2.05, 4.69) is 41.9 Å². The lowest BCUT2D eigenvalue weighted by Gasteiger charge is -2.26. The van der Waals surface area contributed by atoms with Crippen LogP contribution in [0, 0.1) is 0 Å². The van der Waals surface area contributed by atoms with Crippen LogP contribution < -0.4 is 26.4 Å². The standard InChI is InChI=1S/C17H15BrN6O2/c1-26-11-5-3-10(4-6-11)20-16-22-15(19)23-17(24-16)12-8-9(18)2-7-13(12)21-14(17)25/h2-8H,1H3,(H,21,25)(H4,19,20,22,23,24). The second-order valence-corrected chi connectivity index (χ2v) is 6.67. The third kappa shape index (κ3) is 2.66. The van der Waals surface area contributed by atoms with E-state index < -0.39 is 5.66 Å². The fourth-order valence-corrected chi connectivity index (χ4v) is 3.24. The number of methoxy groups -OCH3 is 1. The Labute approximate surface area is 157 Å². The lowest BCUT2D eigenvalue weighted by atomic mass is 10.0. The van der Waals surface area contributed by atoms with E-state index in [4.69, 9.17) is 10.5 Å². The van der Waals surface area contributed by atoms with Gasteiger partial charge in [0.15, 0.2) is 5.96 Å². The Morgan fingerprint density at radius 3 is 2.65 bits per heavy atom. The summed E-state index contributed by atoms with van der Waals surface area (Å²) in [6.07, 6.45) is 0. The van der Waals surface area contributed by atoms with Gasteiger partial charge < -0.3 is 21.1 Å². The molecule has 2 aliphatic heterocycles. The van der Waals surface area contributed by atoms with Crippen LogP contribution in [0.5, 0.6) is 5.75 Å². The van der Waals surface area contributed by atoms with Crippen LogP contribution in [-0.2, 0) is 10.5 Å². The van der Waals surface area contributed by atoms with Crippen molar-refractivity contribution >= 4 is 45.1 Å². The third-order valence-corrected chi connectivity index (χ3v) is 4.57. The molecule has 132 valence electrons. The maximum Gasteiger partial charge on any atom is 0.280 e. The van der Waals surface area contributed by atoms with Crippen molar-refractivity contribution in [2.24, 2.45) is 15.7 Å². The molecule has 0 fully saturated rings. The van der Waals surface area contributed by atoms with E-state index in [1.165, 1.54) is 0 Å². The molecule has 0 bridgehead atoms. The normalized spacial score (nSPS) is 20.6. The Bertz CT molecular complexity index is 956. The molecule has 2 aromatic rings. The van der Waals surface area contributed by atoms with E-state index in [0.29, 0.717) is 17.2 Å². The predicted molar refractivity (Wildman–Crippen MR) is 103 cm³/mol. The molecule has 1 amide bonds. The molecule has 0 saturated heterocycles. The number of rotatable bonds is 2. The molecule has 0 aromatic heterocycles. The van der Waals surface area contributed by atoms with Crippen molar-refractivity contribution in [3.63, 3.8) is 0 Å². The van der Waals surface area contributed by atoms with Gasteiger partial charge in [-0.2, -0.15) is 0 Å². The number of halogens is 1. The van der Waals surface area contributed by atoms with Gasteiger partial charge in [-0.25, -0.2) is 9.98 Å². The maximum atomic E-state index is 12.7. The van der Waals surface area contributed by atoms with Crippen molar-refractivity contribution in [2.45, 2.75) is 5.66 Å². The molecule has 4 rings (SSSR count). The second kappa shape index (κ2) is 6.03. The summed E-state index contributed by atoms with van der Waals surface area (Å²) in [5.41, 5.74) is 6.54. The minimum absolute atomic E-state index is 0.0963. The second-order valence-electron chi connectivity index (χ2n) is 5.75. The van der Waals surface area contributed by atoms with Gasteiger partial charge in [0, 0.05) is 21.4 Å². The molecule has 2 aromatic carbocycles. The van der Waals surface area contributed by atoms with E-state index in [-0.39, 0.29) is 11.9 Å². The molecule has 9 heteroatoms. The fraction of sp³-hybridized carbons (Fsp3) is 0.118. The number of carbonyl (C=O) groups excluding carboxylic acids is 1. The van der Waals surface area contributed by atoms with Gasteiger partial charge in [-0.3, -0.25) is 10.1 Å². The molecule has 1 unspecified atom stereocenters. The number of nitrogens with two attached hydrogens (primary N) is 1. The predicted octanol–water partition coefficient (Wildman–Crippen LogP) is 1.95. The van der Waals surface area contributed by atoms with Crippen LogP contribution in [0.3, 0.4) is 0 Å². The van der Waals surface area contributed by atoms with E-state index in [1.54, 1.807) is 13.2 Å². The van der Waals surface area contributed by atoms with Crippen LogP contribution in [0.25, 0.3) is 0 Å². The first-order valence-corrected chi connectivity index (χ1v) is 8.54. The van der Waals surface area contributed by atoms with Crippen LogP contribution in [0.15, 0.2) is 56.9 Å². The summed E-state index contributed by atoms with van der Waals surface area (Å²) in [4.78, 5) is 21.5. The summed E-state index contributed by atoms with van der Waals surface area (Å²) >= 11 is 3.42. The average Bonchev–Trinajstić information content (AvgIpc) is 2.86. The number of ether oxygens (including phenoxy) is 1. The SMILES string of the molecule is COc1ccc(NC2=NC3(N=C(N)N2)C(=O)Nc2ccc(Br)cc23)cc1. The molecule has 26 heavy (non-hydrogen) atoms. The van der Waals surface area contributed by atoms with E-state index >= 15 is 0 Å². The monoisotopic (exact) mass is 414 g/mol. The highest BCUT2D eigenvalue weighted by atomic mass is 79.9. The maximum absolute atomic E-state index is 12.7. The van der Waals surface area contributed by atoms with Crippen molar-refractivity contribution in [1.29, 1.82) is 0 Å². The van der Waals surface area contributed by atoms with E-state index in [0.717, 1.165) is 15.9 Å². The fourth-order valence-electron chi connectivity index (χ4n) is 2.88. The van der Waals surface area contributed by atoms with Gasteiger partial charge in [0.1, 0.15) is 5.75 Å². The summed E-state index contributed by atoms with van der Waals surface area (Å²) in [5, 5.41) is 8.77. The number of hydrogen-bond acceptors (Lipinski definition) is 7. The van der Waals surface area contributed by atoms with Gasteiger partial charge in [0.2, 0.25) is 5.96 Å². The van der Waals surface area contributed by atoms with Crippen LogP contribution in [0.2, 0.25) is 0 Å². The Kier molecular flexibility index (Phi) is 3.80. The zero-order valence-electron chi connectivity index (χ0n) is 13.7. The summed E-state index contributed by atoms with van der Waals surface area (Å²) in [6, 6.07) is 12.7. The summed E-state index contributed by atoms with van der Waals surface area (Å²) in [6.45, 7) is 0. The number of fused-ring (bicyclic) bond motifs is 2. The highest BCUT2D eigenvalue weighted by Crippen LogP contribution is 2.42. The van der Waals surface area contributed by atoms with Crippen molar-refractivity contribution in [3.05, 3.63) is 52.5 Å². The number of carbonyl (C=O) groups is 1. The Morgan fingerprint density at radius 2 is 1.92 bits per heavy atom. The Hall–Kier alpha value is -3.07. The number of nitrogens with zero attached hydrogens (tertiary/aromatic N) is 2. The smallest absolute Gasteiger partial charge is 0.280 e. The topological polar surface area (TPSA) is 113 Å². The van der Waals surface area contributed by atoms with Crippen molar-refractivity contribution in [3.8, 4) is 5.75 Å². The third-order valence-electron chi connectivity index (χ3n) is 4.08. The molecule has 0 saturated carbocycles. The van der Waals surface area contributed by atoms with Crippen molar-refractivity contribution in [1.82, 2.24) is 5.32 Å². The van der Waals surface area contributed by atoms with E-state index in [9.17, 15) is 4.79 Å². The Balaban J connectivity index is 1.73. The molecule has 2 aliphatic rings.